The van der Waals surface area contributed by atoms with Crippen molar-refractivity contribution in [1.29, 1.82) is 0 Å². The molecule has 9 heteroatoms. The first-order chi connectivity index (χ1) is 15.9. The Morgan fingerprint density at radius 3 is 2.26 bits per heavy atom. The molecule has 0 aliphatic heterocycles. The first kappa shape index (κ1) is 27.7. The Morgan fingerprint density at radius 2 is 1.71 bits per heavy atom. The van der Waals surface area contributed by atoms with Crippen LogP contribution >= 0.6 is 11.6 Å². The van der Waals surface area contributed by atoms with Gasteiger partial charge in [-0.2, -0.15) is 0 Å². The molecule has 0 aliphatic carbocycles. The van der Waals surface area contributed by atoms with Gasteiger partial charge in [-0.3, -0.25) is 13.9 Å². The summed E-state index contributed by atoms with van der Waals surface area (Å²) < 4.78 is 26.0. The lowest BCUT2D eigenvalue weighted by molar-refractivity contribution is -0.140. The Hall–Kier alpha value is -2.58. The van der Waals surface area contributed by atoms with Crippen LogP contribution in [-0.2, 0) is 26.2 Å². The number of carbonyl (C=O) groups excluding carboxylic acids is 2. The van der Waals surface area contributed by atoms with Gasteiger partial charge >= 0.3 is 0 Å². The van der Waals surface area contributed by atoms with Crippen LogP contribution in [0.15, 0.2) is 48.5 Å². The lowest BCUT2D eigenvalue weighted by Gasteiger charge is -2.30. The topological polar surface area (TPSA) is 86.8 Å². The zero-order valence-corrected chi connectivity index (χ0v) is 22.0. The summed E-state index contributed by atoms with van der Waals surface area (Å²) >= 11 is 6.03. The van der Waals surface area contributed by atoms with Crippen LogP contribution in [0.1, 0.15) is 44.7 Å². The number of rotatable bonds is 11. The van der Waals surface area contributed by atoms with E-state index in [0.717, 1.165) is 17.4 Å². The van der Waals surface area contributed by atoms with Crippen molar-refractivity contribution >= 4 is 39.1 Å². The molecule has 2 aromatic carbocycles. The van der Waals surface area contributed by atoms with E-state index in [9.17, 15) is 18.0 Å². The number of nitrogens with one attached hydrogen (secondary N) is 1. The lowest BCUT2D eigenvalue weighted by Crippen LogP contribution is -2.49. The first-order valence-electron chi connectivity index (χ1n) is 11.3. The molecule has 0 heterocycles. The maximum atomic E-state index is 13.2. The lowest BCUT2D eigenvalue weighted by atomic mass is 10.1. The fourth-order valence-corrected chi connectivity index (χ4v) is 4.65. The molecule has 0 unspecified atom stereocenters. The molecule has 7 nitrogen and oxygen atoms in total. The second-order valence-electron chi connectivity index (χ2n) is 8.77. The van der Waals surface area contributed by atoms with Crippen LogP contribution in [0.2, 0.25) is 5.02 Å². The smallest absolute Gasteiger partial charge is 0.242 e. The molecular formula is C25H34ClN3O4S. The number of benzene rings is 2. The van der Waals surface area contributed by atoms with Gasteiger partial charge in [-0.1, -0.05) is 47.5 Å². The van der Waals surface area contributed by atoms with Crippen LogP contribution < -0.4 is 9.62 Å². The van der Waals surface area contributed by atoms with Crippen molar-refractivity contribution in [2.45, 2.75) is 59.2 Å². The fraction of sp³-hybridized carbons (Fsp3) is 0.440. The van der Waals surface area contributed by atoms with E-state index in [1.165, 1.54) is 4.31 Å². The third-order valence-corrected chi connectivity index (χ3v) is 6.75. The maximum Gasteiger partial charge on any atom is 0.242 e. The van der Waals surface area contributed by atoms with Gasteiger partial charge in [0, 0.05) is 30.6 Å². The molecule has 2 amide bonds. The van der Waals surface area contributed by atoms with E-state index >= 15 is 0 Å². The molecule has 0 aliphatic rings. The highest BCUT2D eigenvalue weighted by Crippen LogP contribution is 2.22. The number of carbonyl (C=O) groups is 2. The highest BCUT2D eigenvalue weighted by molar-refractivity contribution is 7.92. The Bertz CT molecular complexity index is 1090. The molecule has 0 radical (unpaired) electrons. The summed E-state index contributed by atoms with van der Waals surface area (Å²) in [5, 5.41) is 3.29. The summed E-state index contributed by atoms with van der Waals surface area (Å²) in [6.07, 6.45) is 1.51. The number of anilines is 1. The van der Waals surface area contributed by atoms with E-state index in [0.29, 0.717) is 17.1 Å². The number of sulfonamides is 1. The van der Waals surface area contributed by atoms with E-state index in [4.69, 9.17) is 11.6 Å². The first-order valence-corrected chi connectivity index (χ1v) is 13.5. The molecule has 0 saturated carbocycles. The Morgan fingerprint density at radius 1 is 1.06 bits per heavy atom. The minimum Gasteiger partial charge on any atom is -0.352 e. The summed E-state index contributed by atoms with van der Waals surface area (Å²) in [7, 11) is -3.56. The van der Waals surface area contributed by atoms with E-state index in [2.05, 4.69) is 5.32 Å². The van der Waals surface area contributed by atoms with Gasteiger partial charge in [0.25, 0.3) is 0 Å². The zero-order chi connectivity index (χ0) is 25.5. The minimum absolute atomic E-state index is 0.0488. The Labute approximate surface area is 208 Å². The van der Waals surface area contributed by atoms with Crippen LogP contribution in [-0.4, -0.2) is 50.0 Å². The molecule has 0 spiro atoms. The molecule has 0 bridgehead atoms. The number of halogens is 1. The van der Waals surface area contributed by atoms with Crippen molar-refractivity contribution in [3.8, 4) is 0 Å². The molecule has 2 aromatic rings. The number of nitrogens with zero attached hydrogens (tertiary/aromatic N) is 2. The van der Waals surface area contributed by atoms with Crippen LogP contribution in [0, 0.1) is 6.92 Å². The van der Waals surface area contributed by atoms with E-state index in [1.807, 2.05) is 45.0 Å². The van der Waals surface area contributed by atoms with Gasteiger partial charge in [0.1, 0.15) is 6.04 Å². The number of hydrogen-bond donors (Lipinski definition) is 1. The Kier molecular flexibility index (Phi) is 9.94. The summed E-state index contributed by atoms with van der Waals surface area (Å²) in [5.74, 6) is -0.446. The molecule has 0 fully saturated rings. The summed E-state index contributed by atoms with van der Waals surface area (Å²) in [4.78, 5) is 27.4. The van der Waals surface area contributed by atoms with Crippen LogP contribution in [0.3, 0.4) is 0 Å². The number of amides is 2. The molecule has 2 rings (SSSR count). The van der Waals surface area contributed by atoms with E-state index < -0.39 is 16.1 Å². The largest absolute Gasteiger partial charge is 0.352 e. The van der Waals surface area contributed by atoms with E-state index in [1.54, 1.807) is 36.1 Å². The van der Waals surface area contributed by atoms with Crippen molar-refractivity contribution in [2.75, 3.05) is 17.1 Å². The van der Waals surface area contributed by atoms with Crippen LogP contribution in [0.5, 0.6) is 0 Å². The van der Waals surface area contributed by atoms with Crippen molar-refractivity contribution in [3.63, 3.8) is 0 Å². The van der Waals surface area contributed by atoms with Crippen LogP contribution in [0.4, 0.5) is 5.69 Å². The summed E-state index contributed by atoms with van der Waals surface area (Å²) in [6, 6.07) is 13.7. The predicted octanol–water partition coefficient (Wildman–Crippen LogP) is 4.14. The normalized spacial score (nSPS) is 12.3. The molecule has 34 heavy (non-hydrogen) atoms. The van der Waals surface area contributed by atoms with Crippen LogP contribution in [0.25, 0.3) is 0 Å². The third-order valence-electron chi connectivity index (χ3n) is 5.32. The zero-order valence-electron chi connectivity index (χ0n) is 20.4. The maximum absolute atomic E-state index is 13.2. The van der Waals surface area contributed by atoms with Gasteiger partial charge < -0.3 is 10.2 Å². The van der Waals surface area contributed by atoms with Gasteiger partial charge in [0.15, 0.2) is 0 Å². The van der Waals surface area contributed by atoms with Gasteiger partial charge in [0.2, 0.25) is 21.8 Å². The molecule has 186 valence electrons. The van der Waals surface area contributed by atoms with Gasteiger partial charge in [-0.05, 0) is 57.9 Å². The van der Waals surface area contributed by atoms with Crippen molar-refractivity contribution in [3.05, 3.63) is 64.7 Å². The monoisotopic (exact) mass is 507 g/mol. The van der Waals surface area contributed by atoms with Crippen molar-refractivity contribution in [1.82, 2.24) is 10.2 Å². The number of hydrogen-bond acceptors (Lipinski definition) is 4. The van der Waals surface area contributed by atoms with Gasteiger partial charge in [-0.15, -0.1) is 0 Å². The number of aryl methyl sites for hydroxylation is 1. The average molecular weight is 508 g/mol. The standard InChI is InChI=1S/C25H34ClN3O4S/c1-18(2)27-25(31)20(4)28(17-21-13-11-19(3)12-14-21)24(30)10-7-15-29(34(5,32)33)23-9-6-8-22(26)16-23/h6,8-9,11-14,16,18,20H,7,10,15,17H2,1-5H3,(H,27,31)/t20-/m0/s1. The highest BCUT2D eigenvalue weighted by atomic mass is 35.5. The SMILES string of the molecule is Cc1ccc(CN(C(=O)CCCN(c2cccc(Cl)c2)S(C)(=O)=O)[C@@H](C)C(=O)NC(C)C)cc1. The quantitative estimate of drug-likeness (QED) is 0.495. The fourth-order valence-electron chi connectivity index (χ4n) is 3.51. The summed E-state index contributed by atoms with van der Waals surface area (Å²) in [5.41, 5.74) is 2.47. The third kappa shape index (κ3) is 8.33. The summed E-state index contributed by atoms with van der Waals surface area (Å²) in [6.45, 7) is 7.84. The average Bonchev–Trinajstić information content (AvgIpc) is 2.74. The predicted molar refractivity (Wildman–Crippen MR) is 137 cm³/mol. The second-order valence-corrected chi connectivity index (χ2v) is 11.1. The molecule has 0 saturated heterocycles. The molecule has 1 atom stereocenters. The molecule has 1 N–H and O–H groups in total. The highest BCUT2D eigenvalue weighted by Gasteiger charge is 2.27. The van der Waals surface area contributed by atoms with Gasteiger partial charge in [0.05, 0.1) is 11.9 Å². The molecular weight excluding hydrogens is 474 g/mol. The Balaban J connectivity index is 2.16. The van der Waals surface area contributed by atoms with Crippen molar-refractivity contribution in [2.24, 2.45) is 0 Å². The second kappa shape index (κ2) is 12.2. The molecule has 0 aromatic heterocycles. The van der Waals surface area contributed by atoms with Crippen molar-refractivity contribution < 1.29 is 18.0 Å². The van der Waals surface area contributed by atoms with Gasteiger partial charge in [-0.25, -0.2) is 8.42 Å². The van der Waals surface area contributed by atoms with E-state index in [-0.39, 0.29) is 37.4 Å². The minimum atomic E-state index is -3.56.